The van der Waals surface area contributed by atoms with Crippen LogP contribution in [0, 0.1) is 0 Å². The maximum Gasteiger partial charge on any atom is 0.260 e. The fraction of sp³-hybridized carbons (Fsp3) is 0.583. The molecule has 0 aliphatic carbocycles. The molecule has 19 heavy (non-hydrogen) atoms. The van der Waals surface area contributed by atoms with Crippen LogP contribution in [0.5, 0.6) is 0 Å². The van der Waals surface area contributed by atoms with E-state index < -0.39 is 16.1 Å². The summed E-state index contributed by atoms with van der Waals surface area (Å²) in [6.07, 6.45) is 1.83. The lowest BCUT2D eigenvalue weighted by Gasteiger charge is -2.27. The number of pyridine rings is 1. The van der Waals surface area contributed by atoms with E-state index in [1.807, 2.05) is 6.92 Å². The third kappa shape index (κ3) is 2.94. The van der Waals surface area contributed by atoms with Gasteiger partial charge in [-0.15, -0.1) is 0 Å². The molecule has 0 bridgehead atoms. The molecule has 1 aliphatic rings. The average molecular weight is 285 g/mol. The molecule has 1 aromatic rings. The summed E-state index contributed by atoms with van der Waals surface area (Å²) < 4.78 is 26.3. The molecule has 106 valence electrons. The maximum atomic E-state index is 12.5. The lowest BCUT2D eigenvalue weighted by molar-refractivity contribution is 0.126. The zero-order chi connectivity index (χ0) is 14.0. The number of aliphatic hydroxyl groups excluding tert-OH is 1. The van der Waals surface area contributed by atoms with Crippen LogP contribution in [0.1, 0.15) is 19.8 Å². The van der Waals surface area contributed by atoms with Crippen LogP contribution in [0.4, 0.5) is 0 Å². The monoisotopic (exact) mass is 285 g/mol. The van der Waals surface area contributed by atoms with Gasteiger partial charge in [0.1, 0.15) is 0 Å². The number of nitrogens with two attached hydrogens (primary N) is 1. The first-order chi connectivity index (χ1) is 8.93. The van der Waals surface area contributed by atoms with E-state index in [-0.39, 0.29) is 23.7 Å². The Morgan fingerprint density at radius 2 is 2.16 bits per heavy atom. The van der Waals surface area contributed by atoms with E-state index in [2.05, 4.69) is 4.98 Å². The molecule has 3 N–H and O–H groups in total. The topological polar surface area (TPSA) is 96.5 Å². The van der Waals surface area contributed by atoms with Crippen LogP contribution in [-0.2, 0) is 10.0 Å². The van der Waals surface area contributed by atoms with E-state index >= 15 is 0 Å². The molecule has 6 nitrogen and oxygen atoms in total. The van der Waals surface area contributed by atoms with Gasteiger partial charge in [-0.2, -0.15) is 4.31 Å². The van der Waals surface area contributed by atoms with Crippen molar-refractivity contribution in [3.05, 3.63) is 24.4 Å². The average Bonchev–Trinajstić information content (AvgIpc) is 2.53. The van der Waals surface area contributed by atoms with E-state index in [1.54, 1.807) is 12.1 Å². The van der Waals surface area contributed by atoms with Crippen molar-refractivity contribution in [3.8, 4) is 0 Å². The van der Waals surface area contributed by atoms with Crippen molar-refractivity contribution in [3.63, 3.8) is 0 Å². The lowest BCUT2D eigenvalue weighted by atomic mass is 10.1. The number of β-amino-alcohol motifs (C(OH)–C–C–N with tert-alkyl or cyclic N) is 1. The Balaban J connectivity index is 2.33. The molecular weight excluding hydrogens is 266 g/mol. The van der Waals surface area contributed by atoms with Gasteiger partial charge in [-0.05, 0) is 31.9 Å². The first kappa shape index (κ1) is 14.4. The van der Waals surface area contributed by atoms with Gasteiger partial charge in [0.2, 0.25) is 0 Å². The Kier molecular flexibility index (Phi) is 4.19. The van der Waals surface area contributed by atoms with Gasteiger partial charge >= 0.3 is 0 Å². The number of hydrogen-bond donors (Lipinski definition) is 2. The molecule has 0 aromatic carbocycles. The fourth-order valence-electron chi connectivity index (χ4n) is 2.22. The number of aliphatic hydroxyl groups is 1. The van der Waals surface area contributed by atoms with Crippen LogP contribution >= 0.6 is 0 Å². The van der Waals surface area contributed by atoms with E-state index in [9.17, 15) is 13.5 Å². The highest BCUT2D eigenvalue weighted by atomic mass is 32.2. The number of rotatable bonds is 2. The molecule has 3 atom stereocenters. The van der Waals surface area contributed by atoms with Crippen molar-refractivity contribution in [1.29, 1.82) is 0 Å². The van der Waals surface area contributed by atoms with Gasteiger partial charge in [0.05, 0.1) is 6.10 Å². The number of aromatic nitrogens is 1. The fourth-order valence-corrected chi connectivity index (χ4v) is 3.84. The smallest absolute Gasteiger partial charge is 0.260 e. The van der Waals surface area contributed by atoms with Crippen molar-refractivity contribution >= 4 is 10.0 Å². The van der Waals surface area contributed by atoms with Gasteiger partial charge in [0, 0.05) is 24.8 Å². The predicted molar refractivity (Wildman–Crippen MR) is 70.8 cm³/mol. The Hall–Kier alpha value is -1.02. The number of nitrogens with zero attached hydrogens (tertiary/aromatic N) is 2. The van der Waals surface area contributed by atoms with Gasteiger partial charge in [0.15, 0.2) is 5.03 Å². The van der Waals surface area contributed by atoms with Crippen molar-refractivity contribution in [2.75, 3.05) is 6.54 Å². The van der Waals surface area contributed by atoms with Gasteiger partial charge in [-0.3, -0.25) is 0 Å². The normalized spacial score (nSPS) is 29.9. The second kappa shape index (κ2) is 5.54. The Morgan fingerprint density at radius 1 is 1.42 bits per heavy atom. The summed E-state index contributed by atoms with van der Waals surface area (Å²) >= 11 is 0. The second-order valence-corrected chi connectivity index (χ2v) is 6.74. The van der Waals surface area contributed by atoms with Crippen molar-refractivity contribution in [2.24, 2.45) is 5.73 Å². The molecule has 7 heteroatoms. The predicted octanol–water partition coefficient (Wildman–Crippen LogP) is -0.0572. The summed E-state index contributed by atoms with van der Waals surface area (Å²) in [6, 6.07) is 4.17. The standard InChI is InChI=1S/C12H19N3O3S/c1-9-5-6-10(13)11(16)8-15(9)19(17,18)12-4-2-3-7-14-12/h2-4,7,9-11,16H,5-6,8,13H2,1H3/t9-,10-,11+/m1/s1. The molecule has 0 amide bonds. The molecule has 1 saturated heterocycles. The van der Waals surface area contributed by atoms with Crippen LogP contribution in [-0.4, -0.2) is 47.5 Å². The van der Waals surface area contributed by atoms with Gasteiger partial charge in [-0.1, -0.05) is 6.07 Å². The Labute approximate surface area is 113 Å². The Bertz CT molecular complexity index is 520. The number of hydrogen-bond acceptors (Lipinski definition) is 5. The minimum Gasteiger partial charge on any atom is -0.390 e. The summed E-state index contributed by atoms with van der Waals surface area (Å²) in [5.41, 5.74) is 5.80. The quantitative estimate of drug-likeness (QED) is 0.793. The molecule has 1 aliphatic heterocycles. The summed E-state index contributed by atoms with van der Waals surface area (Å²) in [7, 11) is -3.68. The minimum absolute atomic E-state index is 0.00419. The van der Waals surface area contributed by atoms with Gasteiger partial charge < -0.3 is 10.8 Å². The summed E-state index contributed by atoms with van der Waals surface area (Å²) in [4.78, 5) is 3.89. The highest BCUT2D eigenvalue weighted by molar-refractivity contribution is 7.89. The Morgan fingerprint density at radius 3 is 2.79 bits per heavy atom. The molecule has 0 spiro atoms. The highest BCUT2D eigenvalue weighted by Gasteiger charge is 2.35. The summed E-state index contributed by atoms with van der Waals surface area (Å²) in [5.74, 6) is 0. The second-order valence-electron chi connectivity index (χ2n) is 4.90. The van der Waals surface area contributed by atoms with Crippen LogP contribution in [0.2, 0.25) is 0 Å². The van der Waals surface area contributed by atoms with Crippen LogP contribution in [0.15, 0.2) is 29.4 Å². The van der Waals surface area contributed by atoms with Crippen molar-refractivity contribution < 1.29 is 13.5 Å². The van der Waals surface area contributed by atoms with Gasteiger partial charge in [0.25, 0.3) is 10.0 Å². The largest absolute Gasteiger partial charge is 0.390 e. The SMILES string of the molecule is C[C@@H]1CC[C@@H](N)[C@@H](O)CN1S(=O)(=O)c1ccccn1. The molecule has 0 saturated carbocycles. The first-order valence-electron chi connectivity index (χ1n) is 6.29. The molecule has 2 heterocycles. The summed E-state index contributed by atoms with van der Waals surface area (Å²) in [5, 5.41) is 9.91. The molecule has 1 fully saturated rings. The van der Waals surface area contributed by atoms with Crippen molar-refractivity contribution in [2.45, 2.75) is 43.0 Å². The summed E-state index contributed by atoms with van der Waals surface area (Å²) in [6.45, 7) is 1.84. The zero-order valence-electron chi connectivity index (χ0n) is 10.8. The van der Waals surface area contributed by atoms with Crippen LogP contribution < -0.4 is 5.73 Å². The van der Waals surface area contributed by atoms with E-state index in [0.29, 0.717) is 12.8 Å². The number of sulfonamides is 1. The lowest BCUT2D eigenvalue weighted by Crippen LogP contribution is -2.45. The third-order valence-electron chi connectivity index (χ3n) is 3.48. The molecule has 2 rings (SSSR count). The van der Waals surface area contributed by atoms with E-state index in [1.165, 1.54) is 16.6 Å². The first-order valence-corrected chi connectivity index (χ1v) is 7.73. The molecule has 0 radical (unpaired) electrons. The molecular formula is C12H19N3O3S. The van der Waals surface area contributed by atoms with E-state index in [4.69, 9.17) is 5.73 Å². The molecule has 0 unspecified atom stereocenters. The van der Waals surface area contributed by atoms with E-state index in [0.717, 1.165) is 0 Å². The zero-order valence-corrected chi connectivity index (χ0v) is 11.6. The third-order valence-corrected chi connectivity index (χ3v) is 5.38. The highest BCUT2D eigenvalue weighted by Crippen LogP contribution is 2.23. The minimum atomic E-state index is -3.68. The molecule has 1 aromatic heterocycles. The maximum absolute atomic E-state index is 12.5. The van der Waals surface area contributed by atoms with Crippen LogP contribution in [0.3, 0.4) is 0 Å². The van der Waals surface area contributed by atoms with Gasteiger partial charge in [-0.25, -0.2) is 13.4 Å². The van der Waals surface area contributed by atoms with Crippen molar-refractivity contribution in [1.82, 2.24) is 9.29 Å². The van der Waals surface area contributed by atoms with Crippen LogP contribution in [0.25, 0.3) is 0 Å².